The topological polar surface area (TPSA) is 85.3 Å². The smallest absolute Gasteiger partial charge is 0.415 e. The van der Waals surface area contributed by atoms with Crippen molar-refractivity contribution in [3.05, 3.63) is 107 Å². The van der Waals surface area contributed by atoms with Gasteiger partial charge in [-0.2, -0.15) is 0 Å². The van der Waals surface area contributed by atoms with Crippen molar-refractivity contribution in [3.63, 3.8) is 0 Å². The molecule has 5 aromatic rings. The van der Waals surface area contributed by atoms with Crippen LogP contribution in [0.2, 0.25) is 5.02 Å². The summed E-state index contributed by atoms with van der Waals surface area (Å²) in [7, 11) is 0. The van der Waals surface area contributed by atoms with E-state index < -0.39 is 6.09 Å². The van der Waals surface area contributed by atoms with Gasteiger partial charge in [-0.25, -0.2) is 9.18 Å². The molecule has 10 heteroatoms. The number of amides is 1. The number of aryl methyl sites for hydroxylation is 1. The molecule has 0 atom stereocenters. The van der Waals surface area contributed by atoms with Crippen LogP contribution in [0.15, 0.2) is 85.2 Å². The third-order valence-corrected chi connectivity index (χ3v) is 6.46. The summed E-state index contributed by atoms with van der Waals surface area (Å²) in [5, 5.41) is 9.40. The molecule has 0 aliphatic carbocycles. The first kappa shape index (κ1) is 26.2. The van der Waals surface area contributed by atoms with Crippen LogP contribution in [0, 0.1) is 5.82 Å². The molecule has 0 radical (unpaired) electrons. The molecule has 1 aliphatic rings. The first-order chi connectivity index (χ1) is 19.0. The lowest BCUT2D eigenvalue weighted by atomic mass is 10.0. The van der Waals surface area contributed by atoms with Gasteiger partial charge in [-0.15, -0.1) is 5.10 Å². The molecular weight excluding hydrogens is 521 g/mol. The van der Waals surface area contributed by atoms with Crippen molar-refractivity contribution in [1.82, 2.24) is 24.9 Å². The Labute approximate surface area is 229 Å². The van der Waals surface area contributed by atoms with E-state index in [4.69, 9.17) is 21.1 Å². The number of fused-ring (bicyclic) bond motifs is 3. The fourth-order valence-corrected chi connectivity index (χ4v) is 4.49. The van der Waals surface area contributed by atoms with Crippen molar-refractivity contribution in [1.29, 1.82) is 0 Å². The minimum absolute atomic E-state index is 0.329. The van der Waals surface area contributed by atoms with Crippen LogP contribution in [-0.4, -0.2) is 44.1 Å². The Bertz CT molecular complexity index is 1510. The van der Waals surface area contributed by atoms with E-state index >= 15 is 0 Å². The summed E-state index contributed by atoms with van der Waals surface area (Å²) in [6.45, 7) is 2.55. The third-order valence-electron chi connectivity index (χ3n) is 6.23. The number of para-hydroxylation sites is 1. The van der Waals surface area contributed by atoms with Gasteiger partial charge in [-0.1, -0.05) is 35.0 Å². The largest absolute Gasteiger partial charge is 0.494 e. The van der Waals surface area contributed by atoms with Gasteiger partial charge in [0.05, 0.1) is 19.3 Å². The van der Waals surface area contributed by atoms with Crippen molar-refractivity contribution >= 4 is 28.6 Å². The number of nitrogens with one attached hydrogen (secondary N) is 1. The second kappa shape index (κ2) is 12.4. The number of nitrogens with zero attached hydrogens (tertiary/aromatic N) is 4. The van der Waals surface area contributed by atoms with Crippen molar-refractivity contribution in [3.8, 4) is 11.5 Å². The van der Waals surface area contributed by atoms with Crippen LogP contribution in [0.25, 0.3) is 10.9 Å². The second-order valence-corrected chi connectivity index (χ2v) is 9.38. The van der Waals surface area contributed by atoms with Crippen LogP contribution in [0.5, 0.6) is 11.5 Å². The fourth-order valence-electron chi connectivity index (χ4n) is 4.32. The van der Waals surface area contributed by atoms with Crippen molar-refractivity contribution in [2.75, 3.05) is 13.2 Å². The molecule has 0 unspecified atom stereocenters. The van der Waals surface area contributed by atoms with Gasteiger partial charge < -0.3 is 19.4 Å². The standard InChI is InChI=1S/C18H14ClFN2O2.C11H13N3O/c19-11-1-6-16-15(9-11)14-7-8-22(10-17(14)21-16)18(23)24-13-4-2-12(20)3-5-13;1-2-5-11(6-3-1)15-10-4-8-14-9-7-12-13-14/h1-6,9,21H,7-8,10H2;1-3,5-7,9H,4,8,10H2. The SMILES string of the molecule is O=C(Oc1ccc(F)cc1)N1CCc2c([nH]c3ccc(Cl)cc23)C1.c1ccc(OCCCn2ccnn2)cc1. The van der Waals surface area contributed by atoms with Gasteiger partial charge in [0, 0.05) is 47.3 Å². The number of ether oxygens (including phenoxy) is 2. The Morgan fingerprint density at radius 1 is 1.05 bits per heavy atom. The summed E-state index contributed by atoms with van der Waals surface area (Å²) in [5.74, 6) is 0.876. The molecule has 8 nitrogen and oxygen atoms in total. The molecule has 2 aromatic heterocycles. The molecule has 0 saturated heterocycles. The lowest BCUT2D eigenvalue weighted by Crippen LogP contribution is -2.37. The molecule has 0 fully saturated rings. The average molecular weight is 548 g/mol. The summed E-state index contributed by atoms with van der Waals surface area (Å²) >= 11 is 6.07. The number of hydrogen-bond acceptors (Lipinski definition) is 5. The van der Waals surface area contributed by atoms with E-state index in [1.165, 1.54) is 29.8 Å². The predicted octanol–water partition coefficient (Wildman–Crippen LogP) is 6.26. The number of benzene rings is 3. The molecule has 1 N–H and O–H groups in total. The number of hydrogen-bond donors (Lipinski definition) is 1. The van der Waals surface area contributed by atoms with Crippen LogP contribution >= 0.6 is 11.6 Å². The number of rotatable bonds is 6. The first-order valence-corrected chi connectivity index (χ1v) is 13.0. The van der Waals surface area contributed by atoms with Crippen LogP contribution < -0.4 is 9.47 Å². The molecule has 0 saturated carbocycles. The van der Waals surface area contributed by atoms with Crippen LogP contribution in [0.1, 0.15) is 17.7 Å². The lowest BCUT2D eigenvalue weighted by molar-refractivity contribution is 0.146. The van der Waals surface area contributed by atoms with E-state index in [2.05, 4.69) is 15.3 Å². The Kier molecular flexibility index (Phi) is 8.38. The molecule has 39 heavy (non-hydrogen) atoms. The molecular formula is C29H27ClFN5O3. The van der Waals surface area contributed by atoms with Crippen LogP contribution in [-0.2, 0) is 19.5 Å². The normalized spacial score (nSPS) is 12.4. The van der Waals surface area contributed by atoms with Gasteiger partial charge in [0.25, 0.3) is 0 Å². The Morgan fingerprint density at radius 3 is 2.64 bits per heavy atom. The Hall–Kier alpha value is -4.37. The summed E-state index contributed by atoms with van der Waals surface area (Å²) in [5.41, 5.74) is 3.20. The van der Waals surface area contributed by atoms with E-state index in [1.807, 2.05) is 54.7 Å². The average Bonchev–Trinajstić information content (AvgIpc) is 3.61. The number of halogens is 2. The van der Waals surface area contributed by atoms with Gasteiger partial charge in [0.1, 0.15) is 17.3 Å². The van der Waals surface area contributed by atoms with Crippen LogP contribution in [0.3, 0.4) is 0 Å². The van der Waals surface area contributed by atoms with Crippen molar-refractivity contribution in [2.24, 2.45) is 0 Å². The maximum absolute atomic E-state index is 12.9. The van der Waals surface area contributed by atoms with E-state index in [-0.39, 0.29) is 5.82 Å². The maximum atomic E-state index is 12.9. The molecule has 0 bridgehead atoms. The van der Waals surface area contributed by atoms with Gasteiger partial charge >= 0.3 is 6.09 Å². The lowest BCUT2D eigenvalue weighted by Gasteiger charge is -2.26. The minimum Gasteiger partial charge on any atom is -0.494 e. The monoisotopic (exact) mass is 547 g/mol. The maximum Gasteiger partial charge on any atom is 0.415 e. The van der Waals surface area contributed by atoms with Gasteiger partial charge in [-0.3, -0.25) is 4.68 Å². The van der Waals surface area contributed by atoms with Crippen molar-refractivity contribution in [2.45, 2.75) is 25.9 Å². The summed E-state index contributed by atoms with van der Waals surface area (Å²) in [6, 6.07) is 20.9. The van der Waals surface area contributed by atoms with Crippen LogP contribution in [0.4, 0.5) is 9.18 Å². The van der Waals surface area contributed by atoms with Gasteiger partial charge in [0.15, 0.2) is 0 Å². The molecule has 200 valence electrons. The molecule has 0 spiro atoms. The predicted molar refractivity (Wildman–Crippen MR) is 146 cm³/mol. The minimum atomic E-state index is -0.441. The molecule has 3 heterocycles. The molecule has 1 aliphatic heterocycles. The zero-order chi connectivity index (χ0) is 27.0. The highest BCUT2D eigenvalue weighted by Gasteiger charge is 2.25. The number of carbonyl (C=O) groups excluding carboxylic acids is 1. The number of aromatic amines is 1. The summed E-state index contributed by atoms with van der Waals surface area (Å²) in [4.78, 5) is 17.3. The highest BCUT2D eigenvalue weighted by molar-refractivity contribution is 6.31. The number of H-pyrrole nitrogens is 1. The van der Waals surface area contributed by atoms with E-state index in [0.717, 1.165) is 41.7 Å². The number of aromatic nitrogens is 4. The summed E-state index contributed by atoms with van der Waals surface area (Å²) in [6.07, 6.45) is 4.75. The first-order valence-electron chi connectivity index (χ1n) is 12.6. The third kappa shape index (κ3) is 6.94. The Morgan fingerprint density at radius 2 is 1.87 bits per heavy atom. The zero-order valence-corrected chi connectivity index (χ0v) is 21.9. The number of carbonyl (C=O) groups is 1. The summed E-state index contributed by atoms with van der Waals surface area (Å²) < 4.78 is 25.6. The van der Waals surface area contributed by atoms with Gasteiger partial charge in [0.2, 0.25) is 0 Å². The quantitative estimate of drug-likeness (QED) is 0.253. The second-order valence-electron chi connectivity index (χ2n) is 8.95. The molecule has 3 aromatic carbocycles. The fraction of sp³-hybridized carbons (Fsp3) is 0.207. The van der Waals surface area contributed by atoms with E-state index in [1.54, 1.807) is 15.8 Å². The highest BCUT2D eigenvalue weighted by Crippen LogP contribution is 2.30. The van der Waals surface area contributed by atoms with E-state index in [9.17, 15) is 9.18 Å². The van der Waals surface area contributed by atoms with E-state index in [0.29, 0.717) is 30.5 Å². The molecule has 6 rings (SSSR count). The Balaban J connectivity index is 0.000000177. The van der Waals surface area contributed by atoms with Gasteiger partial charge in [-0.05, 0) is 66.6 Å². The highest BCUT2D eigenvalue weighted by atomic mass is 35.5. The van der Waals surface area contributed by atoms with Crippen molar-refractivity contribution < 1.29 is 18.7 Å². The zero-order valence-electron chi connectivity index (χ0n) is 21.1. The molecule has 1 amide bonds.